The highest BCUT2D eigenvalue weighted by Crippen LogP contribution is 2.16. The van der Waals surface area contributed by atoms with Crippen molar-refractivity contribution in [3.8, 4) is 0 Å². The predicted octanol–water partition coefficient (Wildman–Crippen LogP) is -0.641. The molecule has 0 aliphatic carbocycles. The summed E-state index contributed by atoms with van der Waals surface area (Å²) in [6.45, 7) is -0.376. The van der Waals surface area contributed by atoms with E-state index in [2.05, 4.69) is 10.4 Å². The van der Waals surface area contributed by atoms with Crippen molar-refractivity contribution < 1.29 is 19.5 Å². The minimum atomic E-state index is -1.15. The van der Waals surface area contributed by atoms with Gasteiger partial charge in [0.2, 0.25) is 5.91 Å². The van der Waals surface area contributed by atoms with E-state index in [4.69, 9.17) is 0 Å². The van der Waals surface area contributed by atoms with E-state index in [1.807, 2.05) is 0 Å². The van der Waals surface area contributed by atoms with Crippen LogP contribution in [0, 0.1) is 0 Å². The Labute approximate surface area is 119 Å². The lowest BCUT2D eigenvalue weighted by Gasteiger charge is -2.32. The third-order valence-electron chi connectivity index (χ3n) is 3.39. The highest BCUT2D eigenvalue weighted by Gasteiger charge is 2.36. The Hall–Kier alpha value is -2.90. The van der Waals surface area contributed by atoms with Crippen LogP contribution in [0.25, 0.3) is 5.52 Å². The summed E-state index contributed by atoms with van der Waals surface area (Å²) in [4.78, 5) is 36.3. The monoisotopic (exact) mass is 288 g/mol. The van der Waals surface area contributed by atoms with Crippen molar-refractivity contribution in [2.45, 2.75) is 6.04 Å². The van der Waals surface area contributed by atoms with Gasteiger partial charge in [-0.1, -0.05) is 6.07 Å². The van der Waals surface area contributed by atoms with Gasteiger partial charge in [-0.15, -0.1) is 0 Å². The van der Waals surface area contributed by atoms with Gasteiger partial charge in [-0.2, -0.15) is 5.10 Å². The second-order valence-electron chi connectivity index (χ2n) is 4.68. The first-order chi connectivity index (χ1) is 10.1. The van der Waals surface area contributed by atoms with Crippen molar-refractivity contribution in [1.29, 1.82) is 0 Å². The minimum absolute atomic E-state index is 0.0981. The average molecular weight is 288 g/mol. The van der Waals surface area contributed by atoms with Gasteiger partial charge in [0, 0.05) is 12.7 Å². The highest BCUT2D eigenvalue weighted by atomic mass is 16.4. The van der Waals surface area contributed by atoms with Crippen LogP contribution in [0.2, 0.25) is 0 Å². The molecular weight excluding hydrogens is 276 g/mol. The molecule has 1 fully saturated rings. The first kappa shape index (κ1) is 13.1. The molecule has 3 heterocycles. The van der Waals surface area contributed by atoms with Gasteiger partial charge in [-0.05, 0) is 12.1 Å². The number of nitrogens with one attached hydrogen (secondary N) is 1. The number of pyridine rings is 1. The maximum Gasteiger partial charge on any atom is 0.328 e. The lowest BCUT2D eigenvalue weighted by molar-refractivity contribution is -0.144. The first-order valence-corrected chi connectivity index (χ1v) is 6.31. The third kappa shape index (κ3) is 2.20. The Bertz CT molecular complexity index is 739. The number of aliphatic carboxylic acids is 1. The van der Waals surface area contributed by atoms with E-state index in [1.165, 1.54) is 10.7 Å². The Kier molecular flexibility index (Phi) is 3.05. The summed E-state index contributed by atoms with van der Waals surface area (Å²) in [7, 11) is 0. The Morgan fingerprint density at radius 3 is 2.95 bits per heavy atom. The van der Waals surface area contributed by atoms with Crippen LogP contribution >= 0.6 is 0 Å². The normalized spacial score (nSPS) is 18.6. The first-order valence-electron chi connectivity index (χ1n) is 6.31. The zero-order chi connectivity index (χ0) is 15.0. The molecule has 2 aromatic rings. The Balaban J connectivity index is 1.99. The zero-order valence-corrected chi connectivity index (χ0v) is 10.9. The van der Waals surface area contributed by atoms with Gasteiger partial charge in [0.05, 0.1) is 17.3 Å². The largest absolute Gasteiger partial charge is 0.480 e. The quantitative estimate of drug-likeness (QED) is 0.765. The van der Waals surface area contributed by atoms with Crippen molar-refractivity contribution in [3.63, 3.8) is 0 Å². The number of hydrogen-bond acceptors (Lipinski definition) is 4. The molecule has 8 nitrogen and oxygen atoms in total. The number of carbonyl (C=O) groups is 3. The molecule has 1 atom stereocenters. The number of piperazine rings is 1. The molecule has 1 unspecified atom stereocenters. The van der Waals surface area contributed by atoms with E-state index in [-0.39, 0.29) is 24.6 Å². The second-order valence-corrected chi connectivity index (χ2v) is 4.68. The summed E-state index contributed by atoms with van der Waals surface area (Å²) in [6.07, 6.45) is 3.06. The average Bonchev–Trinajstić information content (AvgIpc) is 2.90. The molecule has 3 rings (SSSR count). The number of carbonyl (C=O) groups excluding carboxylic acids is 2. The smallest absolute Gasteiger partial charge is 0.328 e. The molecule has 2 amide bonds. The van der Waals surface area contributed by atoms with Crippen LogP contribution in [-0.2, 0) is 9.59 Å². The summed E-state index contributed by atoms with van der Waals surface area (Å²) in [6, 6.07) is 4.16. The van der Waals surface area contributed by atoms with Crippen molar-refractivity contribution in [2.75, 3.05) is 13.1 Å². The van der Waals surface area contributed by atoms with Crippen LogP contribution in [0.3, 0.4) is 0 Å². The van der Waals surface area contributed by atoms with Crippen LogP contribution in [0.1, 0.15) is 10.4 Å². The SMILES string of the molecule is O=C1CN(C(=O)c2cnn3ccccc23)C(C(=O)O)CN1. The molecule has 21 heavy (non-hydrogen) atoms. The molecule has 2 aromatic heterocycles. The number of amides is 2. The lowest BCUT2D eigenvalue weighted by Crippen LogP contribution is -2.59. The van der Waals surface area contributed by atoms with E-state index in [1.54, 1.807) is 24.4 Å². The van der Waals surface area contributed by atoms with Crippen LogP contribution in [-0.4, -0.2) is 56.5 Å². The van der Waals surface area contributed by atoms with Crippen molar-refractivity contribution >= 4 is 23.3 Å². The summed E-state index contributed by atoms with van der Waals surface area (Å²) >= 11 is 0. The fourth-order valence-corrected chi connectivity index (χ4v) is 2.33. The van der Waals surface area contributed by atoms with Gasteiger partial charge in [-0.3, -0.25) is 9.59 Å². The summed E-state index contributed by atoms with van der Waals surface area (Å²) < 4.78 is 1.52. The summed E-state index contributed by atoms with van der Waals surface area (Å²) in [5.74, 6) is -2.05. The van der Waals surface area contributed by atoms with Crippen LogP contribution < -0.4 is 5.32 Å². The maximum atomic E-state index is 12.6. The van der Waals surface area contributed by atoms with Gasteiger partial charge >= 0.3 is 5.97 Å². The Morgan fingerprint density at radius 2 is 2.19 bits per heavy atom. The second kappa shape index (κ2) is 4.89. The Morgan fingerprint density at radius 1 is 1.38 bits per heavy atom. The number of aromatic nitrogens is 2. The molecule has 2 N–H and O–H groups in total. The molecule has 8 heteroatoms. The highest BCUT2D eigenvalue weighted by molar-refractivity contribution is 6.04. The maximum absolute atomic E-state index is 12.6. The number of fused-ring (bicyclic) bond motifs is 1. The molecule has 0 saturated carbocycles. The van der Waals surface area contributed by atoms with Gasteiger partial charge in [0.15, 0.2) is 0 Å². The van der Waals surface area contributed by atoms with Crippen LogP contribution in [0.5, 0.6) is 0 Å². The standard InChI is InChI=1S/C13H12N4O4/c18-11-7-16(10(6-14-11)13(20)21)12(19)8-5-15-17-4-2-1-3-9(8)17/h1-5,10H,6-7H2,(H,14,18)(H,20,21). The third-order valence-corrected chi connectivity index (χ3v) is 3.39. The van der Waals surface area contributed by atoms with Gasteiger partial charge in [-0.25, -0.2) is 9.31 Å². The fourth-order valence-electron chi connectivity index (χ4n) is 2.33. The van der Waals surface area contributed by atoms with Crippen molar-refractivity contribution in [1.82, 2.24) is 19.8 Å². The molecule has 0 spiro atoms. The molecule has 0 aromatic carbocycles. The molecule has 1 aliphatic heterocycles. The van der Waals surface area contributed by atoms with Gasteiger partial charge in [0.25, 0.3) is 5.91 Å². The van der Waals surface area contributed by atoms with E-state index in [0.29, 0.717) is 5.52 Å². The number of nitrogens with zero attached hydrogens (tertiary/aromatic N) is 3. The predicted molar refractivity (Wildman–Crippen MR) is 70.7 cm³/mol. The van der Waals surface area contributed by atoms with Crippen LogP contribution in [0.4, 0.5) is 0 Å². The van der Waals surface area contributed by atoms with Gasteiger partial charge in [0.1, 0.15) is 12.6 Å². The van der Waals surface area contributed by atoms with E-state index < -0.39 is 17.9 Å². The number of carboxylic acids is 1. The van der Waals surface area contributed by atoms with E-state index in [0.717, 1.165) is 4.90 Å². The molecule has 1 aliphatic rings. The topological polar surface area (TPSA) is 104 Å². The zero-order valence-electron chi connectivity index (χ0n) is 10.9. The molecular formula is C13H12N4O4. The van der Waals surface area contributed by atoms with E-state index in [9.17, 15) is 19.5 Å². The molecule has 1 saturated heterocycles. The van der Waals surface area contributed by atoms with Crippen molar-refractivity contribution in [3.05, 3.63) is 36.2 Å². The lowest BCUT2D eigenvalue weighted by atomic mass is 10.1. The fraction of sp³-hybridized carbons (Fsp3) is 0.231. The van der Waals surface area contributed by atoms with Crippen LogP contribution in [0.15, 0.2) is 30.6 Å². The van der Waals surface area contributed by atoms with Crippen molar-refractivity contribution in [2.24, 2.45) is 0 Å². The molecule has 0 radical (unpaired) electrons. The number of hydrogen-bond donors (Lipinski definition) is 2. The van der Waals surface area contributed by atoms with Gasteiger partial charge < -0.3 is 15.3 Å². The summed E-state index contributed by atoms with van der Waals surface area (Å²) in [5.41, 5.74) is 0.842. The summed E-state index contributed by atoms with van der Waals surface area (Å²) in [5, 5.41) is 15.7. The molecule has 108 valence electrons. The minimum Gasteiger partial charge on any atom is -0.480 e. The van der Waals surface area contributed by atoms with E-state index >= 15 is 0 Å². The number of rotatable bonds is 2. The molecule has 0 bridgehead atoms. The number of carboxylic acid groups (broad SMARTS) is 1.